The third-order valence-electron chi connectivity index (χ3n) is 5.11. The van der Waals surface area contributed by atoms with Crippen LogP contribution in [0, 0.1) is 0 Å². The highest BCUT2D eigenvalue weighted by molar-refractivity contribution is 6.22. The Balaban J connectivity index is 1.48. The topological polar surface area (TPSA) is 57.7 Å². The molecular weight excluding hydrogens is 385 g/mol. The van der Waals surface area contributed by atoms with Crippen LogP contribution < -0.4 is 0 Å². The molecule has 4 rings (SSSR count). The van der Waals surface area contributed by atoms with E-state index in [2.05, 4.69) is 0 Å². The molecule has 0 aromatic heterocycles. The standard InChI is InChI=1S/C21H17F3N2O3/c22-21(23,24)14-7-5-13(6-8-14)11-25(15-9-10-15)18(27)12-26-19(28)16-3-1-2-4-17(16)20(26)29/h1-8,15H,9-12H2. The van der Waals surface area contributed by atoms with Crippen molar-refractivity contribution in [1.82, 2.24) is 9.80 Å². The number of amides is 3. The number of rotatable bonds is 5. The van der Waals surface area contributed by atoms with Crippen molar-refractivity contribution >= 4 is 17.7 Å². The second kappa shape index (κ2) is 7.02. The summed E-state index contributed by atoms with van der Waals surface area (Å²) in [5, 5.41) is 0. The highest BCUT2D eigenvalue weighted by Gasteiger charge is 2.39. The van der Waals surface area contributed by atoms with Crippen LogP contribution in [0.15, 0.2) is 48.5 Å². The summed E-state index contributed by atoms with van der Waals surface area (Å²) in [6, 6.07) is 11.0. The number of nitrogens with zero attached hydrogens (tertiary/aromatic N) is 2. The largest absolute Gasteiger partial charge is 0.416 e. The van der Waals surface area contributed by atoms with E-state index in [-0.39, 0.29) is 30.3 Å². The number of halogens is 3. The lowest BCUT2D eigenvalue weighted by molar-refractivity contribution is -0.137. The molecule has 1 saturated carbocycles. The highest BCUT2D eigenvalue weighted by atomic mass is 19.4. The van der Waals surface area contributed by atoms with E-state index in [0.717, 1.165) is 29.9 Å². The van der Waals surface area contributed by atoms with Crippen molar-refractivity contribution in [2.45, 2.75) is 31.6 Å². The fourth-order valence-electron chi connectivity index (χ4n) is 3.41. The van der Waals surface area contributed by atoms with Crippen molar-refractivity contribution in [2.24, 2.45) is 0 Å². The number of hydrogen-bond donors (Lipinski definition) is 0. The zero-order chi connectivity index (χ0) is 20.8. The molecule has 0 bridgehead atoms. The van der Waals surface area contributed by atoms with Crippen LogP contribution in [0.25, 0.3) is 0 Å². The van der Waals surface area contributed by atoms with E-state index in [1.807, 2.05) is 0 Å². The molecule has 5 nitrogen and oxygen atoms in total. The van der Waals surface area contributed by atoms with Gasteiger partial charge in [-0.25, -0.2) is 0 Å². The average Bonchev–Trinajstić information content (AvgIpc) is 3.50. The van der Waals surface area contributed by atoms with Gasteiger partial charge in [-0.2, -0.15) is 13.2 Å². The van der Waals surface area contributed by atoms with Crippen LogP contribution in [0.1, 0.15) is 44.7 Å². The normalized spacial score (nSPS) is 16.2. The molecule has 150 valence electrons. The molecule has 0 N–H and O–H groups in total. The minimum atomic E-state index is -4.42. The van der Waals surface area contributed by atoms with E-state index in [1.165, 1.54) is 17.0 Å². The number of fused-ring (bicyclic) bond motifs is 1. The lowest BCUT2D eigenvalue weighted by Gasteiger charge is -2.25. The summed E-state index contributed by atoms with van der Waals surface area (Å²) >= 11 is 0. The molecular formula is C21H17F3N2O3. The van der Waals surface area contributed by atoms with Gasteiger partial charge in [-0.15, -0.1) is 0 Å². The Bertz CT molecular complexity index is 946. The molecule has 1 aliphatic heterocycles. The van der Waals surface area contributed by atoms with Crippen LogP contribution >= 0.6 is 0 Å². The van der Waals surface area contributed by atoms with Crippen LogP contribution in [0.2, 0.25) is 0 Å². The Morgan fingerprint density at radius 3 is 2.00 bits per heavy atom. The van der Waals surface area contributed by atoms with Crippen LogP contribution in [0.3, 0.4) is 0 Å². The van der Waals surface area contributed by atoms with Gasteiger partial charge in [-0.1, -0.05) is 24.3 Å². The molecule has 0 radical (unpaired) electrons. The van der Waals surface area contributed by atoms with Crippen LogP contribution in [-0.2, 0) is 17.5 Å². The Hall–Kier alpha value is -3.16. The van der Waals surface area contributed by atoms with Crippen LogP contribution in [0.5, 0.6) is 0 Å². The third-order valence-corrected chi connectivity index (χ3v) is 5.11. The number of carbonyl (C=O) groups excluding carboxylic acids is 3. The first-order chi connectivity index (χ1) is 13.8. The highest BCUT2D eigenvalue weighted by Crippen LogP contribution is 2.32. The van der Waals surface area contributed by atoms with Gasteiger partial charge in [0.15, 0.2) is 0 Å². The fourth-order valence-corrected chi connectivity index (χ4v) is 3.41. The monoisotopic (exact) mass is 402 g/mol. The first-order valence-corrected chi connectivity index (χ1v) is 9.16. The number of benzene rings is 2. The first-order valence-electron chi connectivity index (χ1n) is 9.16. The second-order valence-corrected chi connectivity index (χ2v) is 7.19. The third kappa shape index (κ3) is 3.74. The van der Waals surface area contributed by atoms with Crippen molar-refractivity contribution < 1.29 is 27.6 Å². The van der Waals surface area contributed by atoms with Crippen molar-refractivity contribution in [3.63, 3.8) is 0 Å². The van der Waals surface area contributed by atoms with Gasteiger partial charge in [0.25, 0.3) is 11.8 Å². The van der Waals surface area contributed by atoms with Gasteiger partial charge in [0.05, 0.1) is 16.7 Å². The van der Waals surface area contributed by atoms with Crippen molar-refractivity contribution in [3.05, 3.63) is 70.8 Å². The van der Waals surface area contributed by atoms with Gasteiger partial charge in [-0.05, 0) is 42.7 Å². The van der Waals surface area contributed by atoms with Gasteiger partial charge in [0, 0.05) is 12.6 Å². The van der Waals surface area contributed by atoms with E-state index in [1.54, 1.807) is 24.3 Å². The summed E-state index contributed by atoms with van der Waals surface area (Å²) in [7, 11) is 0. The molecule has 0 unspecified atom stereocenters. The van der Waals surface area contributed by atoms with E-state index >= 15 is 0 Å². The molecule has 0 atom stereocenters. The molecule has 1 aliphatic carbocycles. The smallest absolute Gasteiger partial charge is 0.334 e. The molecule has 1 heterocycles. The van der Waals surface area contributed by atoms with Gasteiger partial charge in [0.1, 0.15) is 6.54 Å². The zero-order valence-corrected chi connectivity index (χ0v) is 15.3. The lowest BCUT2D eigenvalue weighted by atomic mass is 10.1. The molecule has 29 heavy (non-hydrogen) atoms. The Labute approximate surface area is 164 Å². The Morgan fingerprint density at radius 2 is 1.52 bits per heavy atom. The number of imide groups is 1. The summed E-state index contributed by atoms with van der Waals surface area (Å²) in [5.74, 6) is -1.42. The molecule has 8 heteroatoms. The number of carbonyl (C=O) groups is 3. The summed E-state index contributed by atoms with van der Waals surface area (Å²) in [4.78, 5) is 40.2. The summed E-state index contributed by atoms with van der Waals surface area (Å²) in [6.07, 6.45) is -2.85. The van der Waals surface area contributed by atoms with Crippen molar-refractivity contribution in [3.8, 4) is 0 Å². The van der Waals surface area contributed by atoms with E-state index < -0.39 is 29.5 Å². The average molecular weight is 402 g/mol. The van der Waals surface area contributed by atoms with E-state index in [0.29, 0.717) is 5.56 Å². The van der Waals surface area contributed by atoms with Crippen molar-refractivity contribution in [2.75, 3.05) is 6.54 Å². The minimum Gasteiger partial charge on any atom is -0.334 e. The Kier molecular flexibility index (Phi) is 4.64. The predicted octanol–water partition coefficient (Wildman–Crippen LogP) is 3.49. The quantitative estimate of drug-likeness (QED) is 0.720. The maximum atomic E-state index is 12.9. The summed E-state index contributed by atoms with van der Waals surface area (Å²) in [5.41, 5.74) is 0.342. The Morgan fingerprint density at radius 1 is 0.966 bits per heavy atom. The maximum Gasteiger partial charge on any atom is 0.416 e. The molecule has 0 saturated heterocycles. The van der Waals surface area contributed by atoms with E-state index in [4.69, 9.17) is 0 Å². The molecule has 2 aliphatic rings. The molecule has 0 spiro atoms. The van der Waals surface area contributed by atoms with Gasteiger partial charge >= 0.3 is 6.18 Å². The number of hydrogen-bond acceptors (Lipinski definition) is 3. The lowest BCUT2D eigenvalue weighted by Crippen LogP contribution is -2.43. The molecule has 3 amide bonds. The van der Waals surface area contributed by atoms with E-state index in [9.17, 15) is 27.6 Å². The first kappa shape index (κ1) is 19.2. The van der Waals surface area contributed by atoms with Gasteiger partial charge in [0.2, 0.25) is 5.91 Å². The van der Waals surface area contributed by atoms with Gasteiger partial charge in [-0.3, -0.25) is 19.3 Å². The van der Waals surface area contributed by atoms with Crippen LogP contribution in [0.4, 0.5) is 13.2 Å². The summed E-state index contributed by atoms with van der Waals surface area (Å²) < 4.78 is 38.2. The van der Waals surface area contributed by atoms with Gasteiger partial charge < -0.3 is 4.90 Å². The predicted molar refractivity (Wildman–Crippen MR) is 96.8 cm³/mol. The SMILES string of the molecule is O=C1c2ccccc2C(=O)N1CC(=O)N(Cc1ccc(C(F)(F)F)cc1)C1CC1. The molecule has 2 aromatic rings. The molecule has 2 aromatic carbocycles. The maximum absolute atomic E-state index is 12.9. The van der Waals surface area contributed by atoms with Crippen LogP contribution in [-0.4, -0.2) is 40.1 Å². The molecule has 1 fully saturated rings. The zero-order valence-electron chi connectivity index (χ0n) is 15.3. The fraction of sp³-hybridized carbons (Fsp3) is 0.286. The minimum absolute atomic E-state index is 0.0278. The van der Waals surface area contributed by atoms with Crippen molar-refractivity contribution in [1.29, 1.82) is 0 Å². The number of alkyl halides is 3. The second-order valence-electron chi connectivity index (χ2n) is 7.19. The summed E-state index contributed by atoms with van der Waals surface area (Å²) in [6.45, 7) is -0.256.